The van der Waals surface area contributed by atoms with Gasteiger partial charge in [-0.15, -0.1) is 10.2 Å². The van der Waals surface area contributed by atoms with E-state index in [1.807, 2.05) is 37.3 Å². The molecule has 3 aromatic rings. The van der Waals surface area contributed by atoms with Gasteiger partial charge in [0.15, 0.2) is 23.0 Å². The smallest absolute Gasteiger partial charge is 0.319 e. The number of carbonyl (C=O) groups excluding carboxylic acids is 1. The summed E-state index contributed by atoms with van der Waals surface area (Å²) in [5.74, 6) is 1.56. The predicted molar refractivity (Wildman–Crippen MR) is 106 cm³/mol. The number of fused-ring (bicyclic) bond motifs is 1. The topological polar surface area (TPSA) is 87.8 Å². The van der Waals surface area contributed by atoms with Crippen LogP contribution >= 0.6 is 11.8 Å². The first kappa shape index (κ1) is 19.9. The minimum Gasteiger partial charge on any atom is -0.493 e. The summed E-state index contributed by atoms with van der Waals surface area (Å²) in [5, 5.41) is 13.4. The number of methoxy groups -OCH3 is 2. The molecular weight excluding hydrogens is 380 g/mol. The van der Waals surface area contributed by atoms with Crippen LogP contribution in [0.5, 0.6) is 11.5 Å². The van der Waals surface area contributed by atoms with Crippen LogP contribution in [-0.2, 0) is 9.53 Å². The lowest BCUT2D eigenvalue weighted by molar-refractivity contribution is -0.142. The van der Waals surface area contributed by atoms with Crippen molar-refractivity contribution in [2.24, 2.45) is 0 Å². The van der Waals surface area contributed by atoms with E-state index < -0.39 is 0 Å². The molecule has 3 rings (SSSR count). The summed E-state index contributed by atoms with van der Waals surface area (Å²) >= 11 is 1.37. The highest BCUT2D eigenvalue weighted by atomic mass is 32.2. The van der Waals surface area contributed by atoms with E-state index in [-0.39, 0.29) is 11.2 Å². The molecular formula is C19H22N4O4S. The van der Waals surface area contributed by atoms with Crippen LogP contribution in [-0.4, -0.2) is 51.9 Å². The van der Waals surface area contributed by atoms with Gasteiger partial charge in [-0.05, 0) is 43.7 Å². The molecule has 2 aromatic heterocycles. The molecule has 1 atom stereocenters. The van der Waals surface area contributed by atoms with E-state index in [1.165, 1.54) is 11.8 Å². The van der Waals surface area contributed by atoms with E-state index in [2.05, 4.69) is 15.3 Å². The number of ether oxygens (including phenoxy) is 3. The standard InChI is InChI=1S/C19H22N4O4S/c1-5-15(19(24)27-6-2)28-17-10-9-16-20-21-18(23(16)22-17)12-7-8-13(25-3)14(11-12)26-4/h7-11,15H,5-6H2,1-4H3/t15-/m1/s1. The van der Waals surface area contributed by atoms with Gasteiger partial charge >= 0.3 is 5.97 Å². The second-order valence-corrected chi connectivity index (χ2v) is 7.02. The first-order chi connectivity index (χ1) is 13.6. The van der Waals surface area contributed by atoms with Crippen LogP contribution in [0.4, 0.5) is 0 Å². The Hall–Kier alpha value is -2.81. The average Bonchev–Trinajstić information content (AvgIpc) is 3.14. The maximum absolute atomic E-state index is 12.1. The highest BCUT2D eigenvalue weighted by Gasteiger charge is 2.21. The molecule has 0 amide bonds. The lowest BCUT2D eigenvalue weighted by atomic mass is 10.2. The van der Waals surface area contributed by atoms with Gasteiger partial charge in [0.1, 0.15) is 10.3 Å². The van der Waals surface area contributed by atoms with Crippen LogP contribution in [0.25, 0.3) is 17.0 Å². The average molecular weight is 402 g/mol. The predicted octanol–water partition coefficient (Wildman–Crippen LogP) is 3.24. The first-order valence-electron chi connectivity index (χ1n) is 8.89. The molecule has 28 heavy (non-hydrogen) atoms. The largest absolute Gasteiger partial charge is 0.493 e. The van der Waals surface area contributed by atoms with E-state index in [4.69, 9.17) is 14.2 Å². The fraction of sp³-hybridized carbons (Fsp3) is 0.368. The van der Waals surface area contributed by atoms with Gasteiger partial charge in [-0.3, -0.25) is 4.79 Å². The number of nitrogens with zero attached hydrogens (tertiary/aromatic N) is 4. The Bertz CT molecular complexity index is 976. The fourth-order valence-corrected chi connectivity index (χ4v) is 3.57. The Morgan fingerprint density at radius 1 is 1.11 bits per heavy atom. The normalized spacial score (nSPS) is 12.0. The first-order valence-corrected chi connectivity index (χ1v) is 9.77. The highest BCUT2D eigenvalue weighted by molar-refractivity contribution is 8.00. The van der Waals surface area contributed by atoms with Gasteiger partial charge in [-0.25, -0.2) is 0 Å². The van der Waals surface area contributed by atoms with Crippen molar-refractivity contribution in [1.82, 2.24) is 19.8 Å². The van der Waals surface area contributed by atoms with Crippen molar-refractivity contribution in [2.45, 2.75) is 30.5 Å². The summed E-state index contributed by atoms with van der Waals surface area (Å²) in [6.45, 7) is 4.10. The van der Waals surface area contributed by atoms with Gasteiger partial charge in [0.2, 0.25) is 0 Å². The number of hydrogen-bond donors (Lipinski definition) is 0. The van der Waals surface area contributed by atoms with Gasteiger partial charge in [0.25, 0.3) is 0 Å². The molecule has 8 nitrogen and oxygen atoms in total. The van der Waals surface area contributed by atoms with E-state index in [1.54, 1.807) is 25.7 Å². The third kappa shape index (κ3) is 4.04. The quantitative estimate of drug-likeness (QED) is 0.419. The molecule has 2 heterocycles. The van der Waals surface area contributed by atoms with Crippen molar-refractivity contribution >= 4 is 23.4 Å². The zero-order valence-electron chi connectivity index (χ0n) is 16.2. The number of hydrogen-bond acceptors (Lipinski definition) is 8. The number of rotatable bonds is 8. The lowest BCUT2D eigenvalue weighted by Crippen LogP contribution is -2.19. The molecule has 0 N–H and O–H groups in total. The lowest BCUT2D eigenvalue weighted by Gasteiger charge is -2.12. The summed E-state index contributed by atoms with van der Waals surface area (Å²) in [6.07, 6.45) is 0.647. The highest BCUT2D eigenvalue weighted by Crippen LogP contribution is 2.32. The van der Waals surface area contributed by atoms with Crippen molar-refractivity contribution in [3.63, 3.8) is 0 Å². The molecule has 0 aliphatic carbocycles. The molecule has 0 spiro atoms. The van der Waals surface area contributed by atoms with Gasteiger partial charge in [-0.1, -0.05) is 18.7 Å². The Kier molecular flexibility index (Phi) is 6.35. The fourth-order valence-electron chi connectivity index (χ4n) is 2.67. The zero-order chi connectivity index (χ0) is 20.1. The monoisotopic (exact) mass is 402 g/mol. The van der Waals surface area contributed by atoms with Crippen LogP contribution in [0.1, 0.15) is 20.3 Å². The number of esters is 1. The number of aromatic nitrogens is 4. The SMILES string of the molecule is CCOC(=O)[C@@H](CC)Sc1ccc2nnc(-c3ccc(OC)c(OC)c3)n2n1. The Balaban J connectivity index is 1.96. The molecule has 9 heteroatoms. The van der Waals surface area contributed by atoms with E-state index in [9.17, 15) is 4.79 Å². The number of carbonyl (C=O) groups is 1. The van der Waals surface area contributed by atoms with Crippen molar-refractivity contribution in [3.05, 3.63) is 30.3 Å². The minimum atomic E-state index is -0.314. The number of thioether (sulfide) groups is 1. The molecule has 0 fully saturated rings. The third-order valence-corrected chi connectivity index (χ3v) is 5.33. The molecule has 148 valence electrons. The summed E-state index contributed by atoms with van der Waals surface area (Å²) in [4.78, 5) is 12.1. The van der Waals surface area contributed by atoms with Crippen LogP contribution in [0.2, 0.25) is 0 Å². The Labute approximate surface area is 167 Å². The van der Waals surface area contributed by atoms with Gasteiger partial charge < -0.3 is 14.2 Å². The maximum Gasteiger partial charge on any atom is 0.319 e. The molecule has 0 aliphatic rings. The van der Waals surface area contributed by atoms with Crippen LogP contribution < -0.4 is 9.47 Å². The number of benzene rings is 1. The summed E-state index contributed by atoms with van der Waals surface area (Å²) in [5.41, 5.74) is 1.40. The molecule has 0 bridgehead atoms. The molecule has 0 saturated heterocycles. The van der Waals surface area contributed by atoms with E-state index in [0.29, 0.717) is 41.0 Å². The zero-order valence-corrected chi connectivity index (χ0v) is 17.0. The minimum absolute atomic E-state index is 0.235. The van der Waals surface area contributed by atoms with E-state index in [0.717, 1.165) is 5.56 Å². The van der Waals surface area contributed by atoms with Crippen LogP contribution in [0.15, 0.2) is 35.4 Å². The summed E-state index contributed by atoms with van der Waals surface area (Å²) < 4.78 is 17.4. The Morgan fingerprint density at radius 3 is 2.57 bits per heavy atom. The van der Waals surface area contributed by atoms with Crippen molar-refractivity contribution in [3.8, 4) is 22.9 Å². The van der Waals surface area contributed by atoms with Crippen molar-refractivity contribution < 1.29 is 19.0 Å². The second kappa shape index (κ2) is 8.92. The molecule has 0 unspecified atom stereocenters. The Morgan fingerprint density at radius 2 is 1.89 bits per heavy atom. The maximum atomic E-state index is 12.1. The summed E-state index contributed by atoms with van der Waals surface area (Å²) in [7, 11) is 3.17. The second-order valence-electron chi connectivity index (χ2n) is 5.80. The van der Waals surface area contributed by atoms with Gasteiger partial charge in [0, 0.05) is 5.56 Å². The van der Waals surface area contributed by atoms with Crippen LogP contribution in [0, 0.1) is 0 Å². The van der Waals surface area contributed by atoms with E-state index >= 15 is 0 Å². The summed E-state index contributed by atoms with van der Waals surface area (Å²) in [6, 6.07) is 9.15. The van der Waals surface area contributed by atoms with Gasteiger partial charge in [0.05, 0.1) is 20.8 Å². The molecule has 1 aromatic carbocycles. The third-order valence-electron chi connectivity index (χ3n) is 4.06. The molecule has 0 radical (unpaired) electrons. The van der Waals surface area contributed by atoms with Crippen molar-refractivity contribution in [1.29, 1.82) is 0 Å². The molecule has 0 saturated carbocycles. The molecule has 0 aliphatic heterocycles. The van der Waals surface area contributed by atoms with Gasteiger partial charge in [-0.2, -0.15) is 9.61 Å². The van der Waals surface area contributed by atoms with Crippen LogP contribution in [0.3, 0.4) is 0 Å². The van der Waals surface area contributed by atoms with Crippen molar-refractivity contribution in [2.75, 3.05) is 20.8 Å².